The van der Waals surface area contributed by atoms with Gasteiger partial charge in [-0.1, -0.05) is 0 Å². The third-order valence-electron chi connectivity index (χ3n) is 5.97. The Morgan fingerprint density at radius 1 is 1.00 bits per heavy atom. The zero-order valence-corrected chi connectivity index (χ0v) is 17.1. The summed E-state index contributed by atoms with van der Waals surface area (Å²) < 4.78 is 10.6. The molecule has 0 radical (unpaired) electrons. The van der Waals surface area contributed by atoms with Gasteiger partial charge < -0.3 is 19.7 Å². The summed E-state index contributed by atoms with van der Waals surface area (Å²) in [6, 6.07) is 5.76. The van der Waals surface area contributed by atoms with Crippen LogP contribution in [0.5, 0.6) is 11.5 Å². The highest BCUT2D eigenvalue weighted by Gasteiger charge is 2.26. The second kappa shape index (κ2) is 9.00. The molecule has 4 rings (SSSR count). The minimum atomic E-state index is -0.0458. The van der Waals surface area contributed by atoms with E-state index in [0.717, 1.165) is 45.6 Å². The van der Waals surface area contributed by atoms with Crippen LogP contribution in [0.3, 0.4) is 0 Å². The molecular formula is C21H30N4O4. The number of nitrogens with zero attached hydrogens (tertiary/aromatic N) is 3. The Hall–Kier alpha value is -2.32. The smallest absolute Gasteiger partial charge is 0.238 e. The van der Waals surface area contributed by atoms with Crippen LogP contribution in [-0.4, -0.2) is 85.2 Å². The fourth-order valence-corrected chi connectivity index (χ4v) is 4.23. The SMILES string of the molecule is C[C@H]1CCCCN1C(=O)CN1CCN(CC(=O)Nc2ccc3c(c2)OCO3)CC1. The van der Waals surface area contributed by atoms with Gasteiger partial charge in [-0.15, -0.1) is 0 Å². The first-order valence-electron chi connectivity index (χ1n) is 10.5. The lowest BCUT2D eigenvalue weighted by Gasteiger charge is -2.37. The molecule has 3 aliphatic rings. The number of carbonyl (C=O) groups excluding carboxylic acids is 2. The van der Waals surface area contributed by atoms with E-state index in [-0.39, 0.29) is 18.6 Å². The number of fused-ring (bicyclic) bond motifs is 1. The maximum absolute atomic E-state index is 12.6. The van der Waals surface area contributed by atoms with E-state index in [4.69, 9.17) is 9.47 Å². The van der Waals surface area contributed by atoms with Crippen molar-refractivity contribution in [3.8, 4) is 11.5 Å². The van der Waals surface area contributed by atoms with Crippen molar-refractivity contribution in [3.05, 3.63) is 18.2 Å². The normalized spacial score (nSPS) is 22.5. The number of nitrogens with one attached hydrogen (secondary N) is 1. The number of anilines is 1. The number of piperazine rings is 1. The van der Waals surface area contributed by atoms with Crippen LogP contribution in [0.1, 0.15) is 26.2 Å². The molecule has 0 spiro atoms. The number of piperidine rings is 1. The molecule has 3 heterocycles. The van der Waals surface area contributed by atoms with E-state index in [9.17, 15) is 9.59 Å². The summed E-state index contributed by atoms with van der Waals surface area (Å²) in [5.41, 5.74) is 0.708. The van der Waals surface area contributed by atoms with Crippen LogP contribution in [0.15, 0.2) is 18.2 Å². The van der Waals surface area contributed by atoms with Gasteiger partial charge >= 0.3 is 0 Å². The number of amides is 2. The number of rotatable bonds is 5. The van der Waals surface area contributed by atoms with Gasteiger partial charge in [-0.3, -0.25) is 19.4 Å². The van der Waals surface area contributed by atoms with E-state index >= 15 is 0 Å². The summed E-state index contributed by atoms with van der Waals surface area (Å²) in [5, 5.41) is 2.92. The fraction of sp³-hybridized carbons (Fsp3) is 0.619. The second-order valence-electron chi connectivity index (χ2n) is 8.10. The van der Waals surface area contributed by atoms with Gasteiger partial charge in [-0.25, -0.2) is 0 Å². The van der Waals surface area contributed by atoms with Crippen molar-refractivity contribution < 1.29 is 19.1 Å². The van der Waals surface area contributed by atoms with Gasteiger partial charge in [0.2, 0.25) is 18.6 Å². The summed E-state index contributed by atoms with van der Waals surface area (Å²) in [6.45, 7) is 7.29. The quantitative estimate of drug-likeness (QED) is 0.802. The fourth-order valence-electron chi connectivity index (χ4n) is 4.23. The van der Waals surface area contributed by atoms with Crippen LogP contribution in [0, 0.1) is 0 Å². The first-order chi connectivity index (χ1) is 14.1. The lowest BCUT2D eigenvalue weighted by atomic mass is 10.0. The van der Waals surface area contributed by atoms with Gasteiger partial charge in [0.25, 0.3) is 0 Å². The Morgan fingerprint density at radius 3 is 2.48 bits per heavy atom. The minimum Gasteiger partial charge on any atom is -0.454 e. The van der Waals surface area contributed by atoms with Crippen molar-refractivity contribution in [2.24, 2.45) is 0 Å². The van der Waals surface area contributed by atoms with Crippen molar-refractivity contribution in [3.63, 3.8) is 0 Å². The van der Waals surface area contributed by atoms with Gasteiger partial charge in [0, 0.05) is 50.5 Å². The maximum atomic E-state index is 12.6. The van der Waals surface area contributed by atoms with E-state index in [1.165, 1.54) is 6.42 Å². The topological polar surface area (TPSA) is 74.4 Å². The monoisotopic (exact) mass is 402 g/mol. The van der Waals surface area contributed by atoms with Gasteiger partial charge in [-0.05, 0) is 38.3 Å². The second-order valence-corrected chi connectivity index (χ2v) is 8.10. The van der Waals surface area contributed by atoms with E-state index < -0.39 is 0 Å². The molecule has 2 fully saturated rings. The Balaban J connectivity index is 1.19. The number of carbonyl (C=O) groups is 2. The van der Waals surface area contributed by atoms with E-state index in [1.54, 1.807) is 12.1 Å². The van der Waals surface area contributed by atoms with Crippen LogP contribution in [0.4, 0.5) is 5.69 Å². The molecule has 158 valence electrons. The van der Waals surface area contributed by atoms with Crippen molar-refractivity contribution in [1.29, 1.82) is 0 Å². The lowest BCUT2D eigenvalue weighted by molar-refractivity contribution is -0.136. The van der Waals surface area contributed by atoms with Crippen molar-refractivity contribution >= 4 is 17.5 Å². The Morgan fingerprint density at radius 2 is 1.72 bits per heavy atom. The maximum Gasteiger partial charge on any atom is 0.238 e. The molecule has 1 aromatic rings. The third kappa shape index (κ3) is 5.00. The molecular weight excluding hydrogens is 372 g/mol. The summed E-state index contributed by atoms with van der Waals surface area (Å²) in [5.74, 6) is 1.55. The molecule has 0 bridgehead atoms. The van der Waals surface area contributed by atoms with Gasteiger partial charge in [-0.2, -0.15) is 0 Å². The molecule has 8 heteroatoms. The molecule has 3 aliphatic heterocycles. The summed E-state index contributed by atoms with van der Waals surface area (Å²) in [6.07, 6.45) is 3.44. The minimum absolute atomic E-state index is 0.0458. The van der Waals surface area contributed by atoms with Crippen molar-refractivity contribution in [2.45, 2.75) is 32.2 Å². The zero-order chi connectivity index (χ0) is 20.2. The molecule has 29 heavy (non-hydrogen) atoms. The van der Waals surface area contributed by atoms with E-state index in [2.05, 4.69) is 22.0 Å². The lowest BCUT2D eigenvalue weighted by Crippen LogP contribution is -2.53. The molecule has 8 nitrogen and oxygen atoms in total. The largest absolute Gasteiger partial charge is 0.454 e. The number of hydrogen-bond donors (Lipinski definition) is 1. The number of likely N-dealkylation sites (tertiary alicyclic amines) is 1. The van der Waals surface area contributed by atoms with E-state index in [0.29, 0.717) is 36.3 Å². The van der Waals surface area contributed by atoms with Crippen LogP contribution in [-0.2, 0) is 9.59 Å². The summed E-state index contributed by atoms with van der Waals surface area (Å²) >= 11 is 0. The molecule has 0 unspecified atom stereocenters. The van der Waals surface area contributed by atoms with Crippen LogP contribution < -0.4 is 14.8 Å². The molecule has 1 aromatic carbocycles. The molecule has 2 saturated heterocycles. The third-order valence-corrected chi connectivity index (χ3v) is 5.97. The van der Waals surface area contributed by atoms with Crippen LogP contribution in [0.2, 0.25) is 0 Å². The number of benzene rings is 1. The highest BCUT2D eigenvalue weighted by atomic mass is 16.7. The summed E-state index contributed by atoms with van der Waals surface area (Å²) in [7, 11) is 0. The molecule has 1 atom stereocenters. The molecule has 0 saturated carbocycles. The Kier molecular flexibility index (Phi) is 6.20. The molecule has 0 aromatic heterocycles. The number of hydrogen-bond acceptors (Lipinski definition) is 6. The van der Waals surface area contributed by atoms with Crippen molar-refractivity contribution in [2.75, 3.05) is 57.9 Å². The Bertz CT molecular complexity index is 748. The van der Waals surface area contributed by atoms with Gasteiger partial charge in [0.1, 0.15) is 0 Å². The highest BCUT2D eigenvalue weighted by molar-refractivity contribution is 5.92. The summed E-state index contributed by atoms with van der Waals surface area (Å²) in [4.78, 5) is 31.4. The molecule has 2 amide bonds. The average molecular weight is 402 g/mol. The first kappa shape index (κ1) is 20.0. The predicted octanol–water partition coefficient (Wildman–Crippen LogP) is 1.37. The first-order valence-corrected chi connectivity index (χ1v) is 10.5. The van der Waals surface area contributed by atoms with Crippen LogP contribution >= 0.6 is 0 Å². The van der Waals surface area contributed by atoms with Crippen LogP contribution in [0.25, 0.3) is 0 Å². The van der Waals surface area contributed by atoms with E-state index in [1.807, 2.05) is 11.0 Å². The van der Waals surface area contributed by atoms with Gasteiger partial charge in [0.05, 0.1) is 13.1 Å². The molecule has 1 N–H and O–H groups in total. The standard InChI is InChI=1S/C21H30N4O4/c1-16-4-2-3-7-25(16)21(27)14-24-10-8-23(9-11-24)13-20(26)22-17-5-6-18-19(12-17)29-15-28-18/h5-6,12,16H,2-4,7-11,13-15H2,1H3,(H,22,26)/t16-/m0/s1. The molecule has 0 aliphatic carbocycles. The Labute approximate surface area is 171 Å². The van der Waals surface area contributed by atoms with Crippen molar-refractivity contribution in [1.82, 2.24) is 14.7 Å². The number of ether oxygens (including phenoxy) is 2. The average Bonchev–Trinajstić information content (AvgIpc) is 3.17. The zero-order valence-electron chi connectivity index (χ0n) is 17.1. The highest BCUT2D eigenvalue weighted by Crippen LogP contribution is 2.34. The predicted molar refractivity (Wildman–Crippen MR) is 109 cm³/mol. The van der Waals surface area contributed by atoms with Gasteiger partial charge in [0.15, 0.2) is 11.5 Å².